The molecule has 0 amide bonds. The lowest BCUT2D eigenvalue weighted by Crippen LogP contribution is -2.11. The number of hydrogen-bond acceptors (Lipinski definition) is 5. The van der Waals surface area contributed by atoms with Crippen LogP contribution in [0.2, 0.25) is 0 Å². The molecule has 0 unspecified atom stereocenters. The first-order valence-corrected chi connectivity index (χ1v) is 8.89. The number of carbonyl (C=O) groups excluding carboxylic acids is 2. The van der Waals surface area contributed by atoms with E-state index < -0.39 is 6.16 Å². The summed E-state index contributed by atoms with van der Waals surface area (Å²) in [6.45, 7) is 5.72. The number of hydrogen-bond donors (Lipinski definition) is 0. The third-order valence-electron chi connectivity index (χ3n) is 3.75. The molecule has 0 aliphatic rings. The summed E-state index contributed by atoms with van der Waals surface area (Å²) in [5.74, 6) is 0.0551. The number of ether oxygens (including phenoxy) is 3. The van der Waals surface area contributed by atoms with Gasteiger partial charge in [0.05, 0.1) is 13.2 Å². The highest BCUT2D eigenvalue weighted by atomic mass is 16.7. The molecule has 27 heavy (non-hydrogen) atoms. The van der Waals surface area contributed by atoms with Crippen LogP contribution in [0.3, 0.4) is 0 Å². The fourth-order valence-corrected chi connectivity index (χ4v) is 2.30. The van der Waals surface area contributed by atoms with Crippen LogP contribution in [0.4, 0.5) is 4.79 Å². The highest BCUT2D eigenvalue weighted by Crippen LogP contribution is 2.22. The summed E-state index contributed by atoms with van der Waals surface area (Å²) in [4.78, 5) is 22.9. The Kier molecular flexibility index (Phi) is 8.10. The fraction of sp³-hybridized carbons (Fsp3) is 0.273. The van der Waals surface area contributed by atoms with Crippen molar-refractivity contribution in [2.45, 2.75) is 26.2 Å². The van der Waals surface area contributed by atoms with Gasteiger partial charge in [-0.15, -0.1) is 0 Å². The van der Waals surface area contributed by atoms with E-state index in [-0.39, 0.29) is 12.6 Å². The second-order valence-corrected chi connectivity index (χ2v) is 6.07. The number of esters is 1. The molecule has 0 atom stereocenters. The second-order valence-electron chi connectivity index (χ2n) is 6.07. The van der Waals surface area contributed by atoms with E-state index in [4.69, 9.17) is 14.2 Å². The molecule has 0 aliphatic heterocycles. The molecule has 0 N–H and O–H groups in total. The molecule has 0 saturated heterocycles. The Morgan fingerprint density at radius 2 is 1.41 bits per heavy atom. The SMILES string of the molecule is C=C(C)C(=O)OCCCCCOC(=O)Oc1ccc(-c2ccccc2)cc1. The lowest BCUT2D eigenvalue weighted by Gasteiger charge is -2.07. The molecule has 0 fully saturated rings. The van der Waals surface area contributed by atoms with E-state index in [0.717, 1.165) is 17.5 Å². The van der Waals surface area contributed by atoms with Crippen LogP contribution in [0.1, 0.15) is 26.2 Å². The maximum atomic E-state index is 11.7. The smallest absolute Gasteiger partial charge is 0.462 e. The van der Waals surface area contributed by atoms with Crippen LogP contribution >= 0.6 is 0 Å². The highest BCUT2D eigenvalue weighted by molar-refractivity contribution is 5.86. The summed E-state index contributed by atoms with van der Waals surface area (Å²) >= 11 is 0. The molecule has 0 radical (unpaired) electrons. The van der Waals surface area contributed by atoms with E-state index in [9.17, 15) is 9.59 Å². The van der Waals surface area contributed by atoms with E-state index in [2.05, 4.69) is 6.58 Å². The molecular formula is C22H24O5. The molecule has 2 aromatic carbocycles. The van der Waals surface area contributed by atoms with Crippen LogP contribution in [0.5, 0.6) is 5.75 Å². The molecular weight excluding hydrogens is 344 g/mol. The highest BCUT2D eigenvalue weighted by Gasteiger charge is 2.07. The van der Waals surface area contributed by atoms with Gasteiger partial charge in [0.1, 0.15) is 5.75 Å². The Bertz CT molecular complexity index is 750. The molecule has 0 saturated carbocycles. The molecule has 0 spiro atoms. The van der Waals surface area contributed by atoms with Crippen molar-refractivity contribution in [3.63, 3.8) is 0 Å². The Morgan fingerprint density at radius 3 is 2.04 bits per heavy atom. The summed E-state index contributed by atoms with van der Waals surface area (Å²) in [5, 5.41) is 0. The predicted molar refractivity (Wildman–Crippen MR) is 103 cm³/mol. The minimum atomic E-state index is -0.726. The van der Waals surface area contributed by atoms with Gasteiger partial charge in [-0.25, -0.2) is 9.59 Å². The zero-order chi connectivity index (χ0) is 19.5. The molecule has 0 bridgehead atoms. The Morgan fingerprint density at radius 1 is 0.815 bits per heavy atom. The third kappa shape index (κ3) is 7.36. The van der Waals surface area contributed by atoms with Crippen molar-refractivity contribution >= 4 is 12.1 Å². The number of carbonyl (C=O) groups is 2. The van der Waals surface area contributed by atoms with Gasteiger partial charge in [0.25, 0.3) is 0 Å². The Hall–Kier alpha value is -3.08. The summed E-state index contributed by atoms with van der Waals surface area (Å²) in [7, 11) is 0. The van der Waals surface area contributed by atoms with Crippen molar-refractivity contribution in [2.24, 2.45) is 0 Å². The van der Waals surface area contributed by atoms with Crippen LogP contribution in [-0.4, -0.2) is 25.3 Å². The van der Waals surface area contributed by atoms with Gasteiger partial charge in [-0.3, -0.25) is 0 Å². The number of unbranched alkanes of at least 4 members (excludes halogenated alkanes) is 2. The van der Waals surface area contributed by atoms with Gasteiger partial charge in [-0.05, 0) is 49.4 Å². The van der Waals surface area contributed by atoms with Crippen molar-refractivity contribution in [3.8, 4) is 16.9 Å². The lowest BCUT2D eigenvalue weighted by atomic mass is 10.1. The standard InChI is InChI=1S/C22H24O5/c1-17(2)21(23)25-15-7-4-8-16-26-22(24)27-20-13-11-19(12-14-20)18-9-5-3-6-10-18/h3,5-6,9-14H,1,4,7-8,15-16H2,2H3. The van der Waals surface area contributed by atoms with Crippen molar-refractivity contribution in [3.05, 3.63) is 66.7 Å². The van der Waals surface area contributed by atoms with Crippen LogP contribution < -0.4 is 4.74 Å². The topological polar surface area (TPSA) is 61.8 Å². The number of rotatable bonds is 9. The van der Waals surface area contributed by atoms with Gasteiger partial charge in [-0.1, -0.05) is 49.0 Å². The van der Waals surface area contributed by atoms with E-state index in [1.807, 2.05) is 42.5 Å². The molecule has 5 nitrogen and oxygen atoms in total. The largest absolute Gasteiger partial charge is 0.513 e. The third-order valence-corrected chi connectivity index (χ3v) is 3.75. The first kappa shape index (κ1) is 20.2. The van der Waals surface area contributed by atoms with Gasteiger partial charge in [-0.2, -0.15) is 0 Å². The lowest BCUT2D eigenvalue weighted by molar-refractivity contribution is -0.139. The first-order valence-electron chi connectivity index (χ1n) is 8.89. The summed E-state index contributed by atoms with van der Waals surface area (Å²) in [6.07, 6.45) is 1.43. The average Bonchev–Trinajstić information content (AvgIpc) is 2.68. The van der Waals surface area contributed by atoms with Crippen LogP contribution in [-0.2, 0) is 14.3 Å². The van der Waals surface area contributed by atoms with Gasteiger partial charge < -0.3 is 14.2 Å². The molecule has 0 heterocycles. The molecule has 2 aromatic rings. The van der Waals surface area contributed by atoms with Crippen molar-refractivity contribution in [1.82, 2.24) is 0 Å². The van der Waals surface area contributed by atoms with E-state index in [0.29, 0.717) is 30.8 Å². The first-order chi connectivity index (χ1) is 13.1. The maximum Gasteiger partial charge on any atom is 0.513 e. The van der Waals surface area contributed by atoms with Crippen LogP contribution in [0.25, 0.3) is 11.1 Å². The van der Waals surface area contributed by atoms with Crippen LogP contribution in [0, 0.1) is 0 Å². The summed E-state index contributed by atoms with van der Waals surface area (Å²) < 4.78 is 15.2. The average molecular weight is 368 g/mol. The summed E-state index contributed by atoms with van der Waals surface area (Å²) in [5.41, 5.74) is 2.53. The minimum Gasteiger partial charge on any atom is -0.462 e. The van der Waals surface area contributed by atoms with Crippen LogP contribution in [0.15, 0.2) is 66.7 Å². The fourth-order valence-electron chi connectivity index (χ4n) is 2.30. The number of benzene rings is 2. The second kappa shape index (κ2) is 10.8. The molecule has 5 heteroatoms. The normalized spacial score (nSPS) is 10.1. The van der Waals surface area contributed by atoms with E-state index in [1.165, 1.54) is 0 Å². The predicted octanol–water partition coefficient (Wildman–Crippen LogP) is 5.16. The van der Waals surface area contributed by atoms with Crippen molar-refractivity contribution in [1.29, 1.82) is 0 Å². The zero-order valence-corrected chi connectivity index (χ0v) is 15.5. The van der Waals surface area contributed by atoms with Gasteiger partial charge in [0, 0.05) is 5.57 Å². The Balaban J connectivity index is 1.62. The zero-order valence-electron chi connectivity index (χ0n) is 15.5. The van der Waals surface area contributed by atoms with Crippen molar-refractivity contribution < 1.29 is 23.8 Å². The quantitative estimate of drug-likeness (QED) is 0.265. The maximum absolute atomic E-state index is 11.7. The van der Waals surface area contributed by atoms with Gasteiger partial charge >= 0.3 is 12.1 Å². The monoisotopic (exact) mass is 368 g/mol. The molecule has 2 rings (SSSR count). The molecule has 0 aliphatic carbocycles. The van der Waals surface area contributed by atoms with Gasteiger partial charge in [0.15, 0.2) is 0 Å². The summed E-state index contributed by atoms with van der Waals surface area (Å²) in [6, 6.07) is 17.2. The van der Waals surface area contributed by atoms with E-state index in [1.54, 1.807) is 19.1 Å². The van der Waals surface area contributed by atoms with Crippen molar-refractivity contribution in [2.75, 3.05) is 13.2 Å². The van der Waals surface area contributed by atoms with Gasteiger partial charge in [0.2, 0.25) is 0 Å². The van der Waals surface area contributed by atoms with E-state index >= 15 is 0 Å². The Labute approximate surface area is 159 Å². The molecule has 0 aromatic heterocycles. The minimum absolute atomic E-state index is 0.259. The molecule has 142 valence electrons.